The minimum Gasteiger partial charge on any atom is -0.396 e. The minimum absolute atomic E-state index is 0.0303. The number of hydrogen-bond acceptors (Lipinski definition) is 3. The lowest BCUT2D eigenvalue weighted by atomic mass is 10.0. The summed E-state index contributed by atoms with van der Waals surface area (Å²) in [5.41, 5.74) is 1.10. The number of aliphatic hydroxyl groups excluding tert-OH is 1. The first kappa shape index (κ1) is 17.2. The Kier molecular flexibility index (Phi) is 5.74. The van der Waals surface area contributed by atoms with Crippen LogP contribution in [0.5, 0.6) is 0 Å². The van der Waals surface area contributed by atoms with Crippen molar-refractivity contribution in [3.8, 4) is 0 Å². The zero-order valence-corrected chi connectivity index (χ0v) is 14.5. The van der Waals surface area contributed by atoms with Crippen LogP contribution < -0.4 is 5.32 Å². The highest BCUT2D eigenvalue weighted by Gasteiger charge is 2.36. The lowest BCUT2D eigenvalue weighted by Crippen LogP contribution is -2.45. The Morgan fingerprint density at radius 1 is 1.25 bits per heavy atom. The fourth-order valence-corrected chi connectivity index (χ4v) is 4.04. The normalized spacial score (nSPS) is 25.3. The van der Waals surface area contributed by atoms with E-state index in [1.807, 2.05) is 35.2 Å². The smallest absolute Gasteiger partial charge is 0.317 e. The fourth-order valence-electron chi connectivity index (χ4n) is 4.04. The van der Waals surface area contributed by atoms with E-state index in [1.165, 1.54) is 12.8 Å². The third kappa shape index (κ3) is 3.90. The summed E-state index contributed by atoms with van der Waals surface area (Å²) < 4.78 is 0. The summed E-state index contributed by atoms with van der Waals surface area (Å²) in [5.74, 6) is 0. The molecule has 5 nitrogen and oxygen atoms in total. The maximum Gasteiger partial charge on any atom is 0.317 e. The largest absolute Gasteiger partial charge is 0.396 e. The number of nitrogens with one attached hydrogen (secondary N) is 1. The first-order chi connectivity index (χ1) is 11.7. The van der Waals surface area contributed by atoms with E-state index in [-0.39, 0.29) is 18.7 Å². The molecule has 3 rings (SSSR count). The van der Waals surface area contributed by atoms with Gasteiger partial charge in [0.05, 0.1) is 6.04 Å². The number of benzene rings is 1. The average molecular weight is 331 g/mol. The minimum atomic E-state index is -0.0379. The first-order valence-electron chi connectivity index (χ1n) is 9.12. The van der Waals surface area contributed by atoms with Gasteiger partial charge in [-0.25, -0.2) is 4.79 Å². The van der Waals surface area contributed by atoms with Gasteiger partial charge in [-0.05, 0) is 44.7 Å². The van der Waals surface area contributed by atoms with Gasteiger partial charge in [-0.2, -0.15) is 0 Å². The van der Waals surface area contributed by atoms with Crippen LogP contribution in [0.4, 0.5) is 4.79 Å². The molecule has 2 aliphatic rings. The van der Waals surface area contributed by atoms with E-state index in [0.717, 1.165) is 31.5 Å². The molecule has 2 heterocycles. The van der Waals surface area contributed by atoms with E-state index in [2.05, 4.69) is 17.3 Å². The van der Waals surface area contributed by atoms with Gasteiger partial charge in [-0.3, -0.25) is 4.90 Å². The van der Waals surface area contributed by atoms with Crippen LogP contribution in [-0.2, 0) is 0 Å². The molecular formula is C19H29N3O2. The Labute approximate surface area is 144 Å². The van der Waals surface area contributed by atoms with Crippen LogP contribution in [0.1, 0.15) is 43.7 Å². The van der Waals surface area contributed by atoms with E-state index in [1.54, 1.807) is 0 Å². The van der Waals surface area contributed by atoms with Gasteiger partial charge in [-0.15, -0.1) is 0 Å². The van der Waals surface area contributed by atoms with Crippen LogP contribution in [0.15, 0.2) is 30.3 Å². The number of rotatable bonds is 5. The highest BCUT2D eigenvalue weighted by Crippen LogP contribution is 2.28. The van der Waals surface area contributed by atoms with Gasteiger partial charge in [0.25, 0.3) is 0 Å². The van der Waals surface area contributed by atoms with Crippen LogP contribution >= 0.6 is 0 Å². The quantitative estimate of drug-likeness (QED) is 0.871. The van der Waals surface area contributed by atoms with Crippen LogP contribution in [0.2, 0.25) is 0 Å². The highest BCUT2D eigenvalue weighted by atomic mass is 16.3. The van der Waals surface area contributed by atoms with Gasteiger partial charge >= 0.3 is 6.03 Å². The monoisotopic (exact) mass is 331 g/mol. The lowest BCUT2D eigenvalue weighted by molar-refractivity contribution is 0.182. The number of fused-ring (bicyclic) bond motifs is 2. The Morgan fingerprint density at radius 2 is 2.00 bits per heavy atom. The maximum atomic E-state index is 12.8. The second-order valence-corrected chi connectivity index (χ2v) is 7.06. The molecule has 0 radical (unpaired) electrons. The summed E-state index contributed by atoms with van der Waals surface area (Å²) in [6.07, 6.45) is 4.96. The van der Waals surface area contributed by atoms with Crippen LogP contribution in [0, 0.1) is 0 Å². The molecule has 2 saturated heterocycles. The number of urea groups is 1. The zero-order chi connectivity index (χ0) is 16.9. The summed E-state index contributed by atoms with van der Waals surface area (Å²) in [7, 11) is 2.19. The van der Waals surface area contributed by atoms with Crippen LogP contribution in [0.25, 0.3) is 0 Å². The highest BCUT2D eigenvalue weighted by molar-refractivity contribution is 5.75. The third-order valence-corrected chi connectivity index (χ3v) is 5.59. The van der Waals surface area contributed by atoms with E-state index in [9.17, 15) is 4.79 Å². The summed E-state index contributed by atoms with van der Waals surface area (Å²) in [4.78, 5) is 17.2. The van der Waals surface area contributed by atoms with Crippen molar-refractivity contribution < 1.29 is 9.90 Å². The molecule has 5 heteroatoms. The van der Waals surface area contributed by atoms with Crippen LogP contribution in [0.3, 0.4) is 0 Å². The predicted octanol–water partition coefficient (Wildman–Crippen LogP) is 2.38. The summed E-state index contributed by atoms with van der Waals surface area (Å²) in [6.45, 7) is 1.80. The molecule has 0 aromatic heterocycles. The Bertz CT molecular complexity index is 537. The summed E-state index contributed by atoms with van der Waals surface area (Å²) in [5, 5.41) is 12.4. The molecule has 2 N–H and O–H groups in total. The number of amides is 2. The van der Waals surface area contributed by atoms with Crippen molar-refractivity contribution in [1.82, 2.24) is 15.1 Å². The molecule has 132 valence electrons. The summed E-state index contributed by atoms with van der Waals surface area (Å²) in [6, 6.07) is 11.2. The van der Waals surface area contributed by atoms with E-state index in [0.29, 0.717) is 18.5 Å². The van der Waals surface area contributed by atoms with Gasteiger partial charge in [0.2, 0.25) is 0 Å². The van der Waals surface area contributed by atoms with Crippen molar-refractivity contribution >= 4 is 6.03 Å². The third-order valence-electron chi connectivity index (χ3n) is 5.59. The number of nitrogens with zero attached hydrogens (tertiary/aromatic N) is 2. The maximum absolute atomic E-state index is 12.8. The van der Waals surface area contributed by atoms with Crippen molar-refractivity contribution in [3.05, 3.63) is 35.9 Å². The number of carbonyl (C=O) groups excluding carboxylic acids is 1. The number of aliphatic hydroxyl groups is 1. The zero-order valence-electron chi connectivity index (χ0n) is 14.5. The Hall–Kier alpha value is -1.59. The molecule has 2 amide bonds. The van der Waals surface area contributed by atoms with Crippen LogP contribution in [-0.4, -0.2) is 59.8 Å². The van der Waals surface area contributed by atoms with Crippen molar-refractivity contribution in [3.63, 3.8) is 0 Å². The number of likely N-dealkylation sites (N-methyl/N-ethyl adjacent to an activating group) is 1. The van der Waals surface area contributed by atoms with Crippen molar-refractivity contribution in [1.29, 1.82) is 0 Å². The molecule has 1 aromatic carbocycles. The second-order valence-electron chi connectivity index (χ2n) is 7.06. The SMILES string of the molecule is CN1C2CCC1CN(C(=O)NC(CCCO)c1ccccc1)CC2. The predicted molar refractivity (Wildman–Crippen MR) is 94.8 cm³/mol. The molecule has 2 bridgehead atoms. The van der Waals surface area contributed by atoms with Gasteiger partial charge in [0, 0.05) is 31.8 Å². The molecule has 3 atom stereocenters. The van der Waals surface area contributed by atoms with Crippen molar-refractivity contribution in [2.75, 3.05) is 26.7 Å². The van der Waals surface area contributed by atoms with Crippen molar-refractivity contribution in [2.45, 2.75) is 50.2 Å². The van der Waals surface area contributed by atoms with E-state index < -0.39 is 0 Å². The van der Waals surface area contributed by atoms with Gasteiger partial charge in [0.15, 0.2) is 0 Å². The van der Waals surface area contributed by atoms with Gasteiger partial charge in [0.1, 0.15) is 0 Å². The lowest BCUT2D eigenvalue weighted by Gasteiger charge is -2.28. The fraction of sp³-hybridized carbons (Fsp3) is 0.632. The molecule has 0 aliphatic carbocycles. The molecule has 2 fully saturated rings. The van der Waals surface area contributed by atoms with E-state index in [4.69, 9.17) is 5.11 Å². The standard InChI is InChI=1S/C19H29N3O2/c1-21-16-9-10-17(21)14-22(12-11-16)19(24)20-18(8-5-13-23)15-6-3-2-4-7-15/h2-4,6-7,16-18,23H,5,8-14H2,1H3,(H,20,24). The molecular weight excluding hydrogens is 302 g/mol. The number of carbonyl (C=O) groups is 1. The molecule has 0 saturated carbocycles. The molecule has 3 unspecified atom stereocenters. The Morgan fingerprint density at radius 3 is 2.75 bits per heavy atom. The molecule has 2 aliphatic heterocycles. The number of hydrogen-bond donors (Lipinski definition) is 2. The Balaban J connectivity index is 1.64. The molecule has 24 heavy (non-hydrogen) atoms. The average Bonchev–Trinajstić information content (AvgIpc) is 2.84. The van der Waals surface area contributed by atoms with E-state index >= 15 is 0 Å². The topological polar surface area (TPSA) is 55.8 Å². The first-order valence-corrected chi connectivity index (χ1v) is 9.12. The second kappa shape index (κ2) is 7.99. The number of likely N-dealkylation sites (tertiary alicyclic amines) is 1. The van der Waals surface area contributed by atoms with Gasteiger partial charge < -0.3 is 15.3 Å². The van der Waals surface area contributed by atoms with Gasteiger partial charge in [-0.1, -0.05) is 30.3 Å². The summed E-state index contributed by atoms with van der Waals surface area (Å²) >= 11 is 0. The molecule has 1 aromatic rings. The van der Waals surface area contributed by atoms with Crippen molar-refractivity contribution in [2.24, 2.45) is 0 Å². The molecule has 0 spiro atoms.